The van der Waals surface area contributed by atoms with E-state index in [9.17, 15) is 18.4 Å². The van der Waals surface area contributed by atoms with E-state index in [4.69, 9.17) is 9.47 Å². The number of amides is 1. The number of esters is 1. The van der Waals surface area contributed by atoms with Crippen LogP contribution >= 0.6 is 11.8 Å². The van der Waals surface area contributed by atoms with E-state index >= 15 is 0 Å². The second-order valence-electron chi connectivity index (χ2n) is 6.49. The number of carbonyl (C=O) groups excluding carboxylic acids is 2. The molecule has 0 spiro atoms. The monoisotopic (exact) mass is 462 g/mol. The number of benzene rings is 2. The van der Waals surface area contributed by atoms with Gasteiger partial charge in [-0.2, -0.15) is 8.78 Å². The summed E-state index contributed by atoms with van der Waals surface area (Å²) >= 11 is 1.05. The number of methoxy groups -OCH3 is 2. The lowest BCUT2D eigenvalue weighted by Crippen LogP contribution is -2.32. The lowest BCUT2D eigenvalue weighted by Gasteiger charge is -2.19. The summed E-state index contributed by atoms with van der Waals surface area (Å²) in [5, 5.41) is -0.369. The fraction of sp³-hybridized carbons (Fsp3) is 0.227. The van der Waals surface area contributed by atoms with Gasteiger partial charge in [-0.1, -0.05) is 23.9 Å². The van der Waals surface area contributed by atoms with Gasteiger partial charge in [0.1, 0.15) is 22.4 Å². The second kappa shape index (κ2) is 10.3. The molecule has 1 unspecified atom stereocenters. The molecule has 1 amide bonds. The van der Waals surface area contributed by atoms with Gasteiger partial charge in [0.25, 0.3) is 5.91 Å². The zero-order chi connectivity index (χ0) is 23.3. The maximum Gasteiger partial charge on any atom is 0.387 e. The van der Waals surface area contributed by atoms with Crippen LogP contribution in [0.2, 0.25) is 0 Å². The summed E-state index contributed by atoms with van der Waals surface area (Å²) in [5.74, 6) is -0.274. The van der Waals surface area contributed by atoms with E-state index in [0.717, 1.165) is 17.3 Å². The molecule has 0 fully saturated rings. The Kier molecular flexibility index (Phi) is 7.47. The first kappa shape index (κ1) is 23.3. The Bertz CT molecular complexity index is 1040. The molecule has 0 N–H and O–H groups in total. The van der Waals surface area contributed by atoms with E-state index in [2.05, 4.69) is 9.73 Å². The van der Waals surface area contributed by atoms with Crippen LogP contribution in [-0.4, -0.2) is 43.1 Å². The molecule has 168 valence electrons. The first-order valence-corrected chi connectivity index (χ1v) is 10.3. The number of carbonyl (C=O) groups is 2. The van der Waals surface area contributed by atoms with E-state index < -0.39 is 23.7 Å². The number of rotatable bonds is 7. The zero-order valence-corrected chi connectivity index (χ0v) is 18.3. The van der Waals surface area contributed by atoms with E-state index in [0.29, 0.717) is 11.4 Å². The molecule has 0 bridgehead atoms. The minimum Gasteiger partial charge on any atom is -0.497 e. The number of hydrogen-bond acceptors (Lipinski definition) is 7. The molecule has 7 nitrogen and oxygen atoms in total. The molecule has 3 rings (SSSR count). The minimum atomic E-state index is -2.96. The summed E-state index contributed by atoms with van der Waals surface area (Å²) in [4.78, 5) is 30.8. The number of ether oxygens (including phenoxy) is 3. The van der Waals surface area contributed by atoms with Gasteiger partial charge < -0.3 is 14.2 Å². The Labute approximate surface area is 187 Å². The van der Waals surface area contributed by atoms with Crippen molar-refractivity contribution in [3.8, 4) is 11.5 Å². The van der Waals surface area contributed by atoms with Gasteiger partial charge in [0.2, 0.25) is 0 Å². The highest BCUT2D eigenvalue weighted by Crippen LogP contribution is 2.32. The third-order valence-corrected chi connectivity index (χ3v) is 5.41. The Morgan fingerprint density at radius 1 is 1.06 bits per heavy atom. The summed E-state index contributed by atoms with van der Waals surface area (Å²) in [7, 11) is 2.83. The van der Waals surface area contributed by atoms with Crippen molar-refractivity contribution in [1.29, 1.82) is 0 Å². The molecule has 0 aromatic heterocycles. The smallest absolute Gasteiger partial charge is 0.387 e. The molecular formula is C22H20F2N2O5S. The number of anilines is 1. The van der Waals surface area contributed by atoms with Crippen molar-refractivity contribution < 1.29 is 32.6 Å². The maximum atomic E-state index is 13.2. The van der Waals surface area contributed by atoms with Crippen LogP contribution in [0.3, 0.4) is 0 Å². The summed E-state index contributed by atoms with van der Waals surface area (Å²) in [6, 6.07) is 12.6. The summed E-state index contributed by atoms with van der Waals surface area (Å²) in [5.41, 5.74) is 1.27. The van der Waals surface area contributed by atoms with Gasteiger partial charge in [-0.25, -0.2) is 4.99 Å². The molecule has 2 aromatic rings. The van der Waals surface area contributed by atoms with E-state index in [-0.39, 0.29) is 16.6 Å². The molecule has 0 saturated carbocycles. The SMILES string of the molecule is COC(=O)C(C)SC1=N/C(=C\c2ccc(OC)cc2)C(=O)N1c1ccc(OC(F)F)cc1. The Morgan fingerprint density at radius 2 is 1.69 bits per heavy atom. The maximum absolute atomic E-state index is 13.2. The van der Waals surface area contributed by atoms with Crippen molar-refractivity contribution in [2.24, 2.45) is 4.99 Å². The number of hydrogen-bond donors (Lipinski definition) is 0. The van der Waals surface area contributed by atoms with E-state index in [1.54, 1.807) is 44.4 Å². The van der Waals surface area contributed by atoms with Crippen LogP contribution in [0.15, 0.2) is 59.2 Å². The number of thioether (sulfide) groups is 1. The summed E-state index contributed by atoms with van der Waals surface area (Å²) in [6.45, 7) is -1.33. The number of amidine groups is 1. The number of nitrogens with zero attached hydrogens (tertiary/aromatic N) is 2. The highest BCUT2D eigenvalue weighted by Gasteiger charge is 2.34. The van der Waals surface area contributed by atoms with Crippen LogP contribution in [0.5, 0.6) is 11.5 Å². The Morgan fingerprint density at radius 3 is 2.25 bits per heavy atom. The van der Waals surface area contributed by atoms with E-state index in [1.807, 2.05) is 0 Å². The van der Waals surface area contributed by atoms with Gasteiger partial charge in [-0.05, 0) is 55.0 Å². The molecule has 1 aliphatic rings. The molecule has 2 aromatic carbocycles. The predicted octanol–water partition coefficient (Wildman–Crippen LogP) is 4.34. The van der Waals surface area contributed by atoms with Crippen molar-refractivity contribution in [1.82, 2.24) is 0 Å². The van der Waals surface area contributed by atoms with Gasteiger partial charge in [0.15, 0.2) is 5.17 Å². The molecule has 10 heteroatoms. The van der Waals surface area contributed by atoms with Crippen molar-refractivity contribution in [2.45, 2.75) is 18.8 Å². The predicted molar refractivity (Wildman–Crippen MR) is 118 cm³/mol. The zero-order valence-electron chi connectivity index (χ0n) is 17.5. The van der Waals surface area contributed by atoms with Crippen LogP contribution in [0.25, 0.3) is 6.08 Å². The quantitative estimate of drug-likeness (QED) is 0.450. The first-order valence-electron chi connectivity index (χ1n) is 9.40. The Balaban J connectivity index is 1.94. The highest BCUT2D eigenvalue weighted by molar-refractivity contribution is 8.15. The average molecular weight is 462 g/mol. The fourth-order valence-electron chi connectivity index (χ4n) is 2.81. The third-order valence-electron chi connectivity index (χ3n) is 4.38. The molecule has 1 atom stereocenters. The number of halogens is 2. The van der Waals surface area contributed by atoms with Crippen molar-refractivity contribution in [3.05, 3.63) is 59.8 Å². The van der Waals surface area contributed by atoms with Gasteiger partial charge in [-0.3, -0.25) is 14.5 Å². The Hall–Kier alpha value is -3.40. The van der Waals surface area contributed by atoms with Gasteiger partial charge in [-0.15, -0.1) is 0 Å². The van der Waals surface area contributed by atoms with Crippen LogP contribution in [0.1, 0.15) is 12.5 Å². The first-order chi connectivity index (χ1) is 15.3. The molecule has 32 heavy (non-hydrogen) atoms. The number of alkyl halides is 2. The van der Waals surface area contributed by atoms with Crippen molar-refractivity contribution >= 4 is 40.6 Å². The minimum absolute atomic E-state index is 0.0431. The van der Waals surface area contributed by atoms with Crippen LogP contribution < -0.4 is 14.4 Å². The molecule has 0 aliphatic carbocycles. The molecular weight excluding hydrogens is 442 g/mol. The summed E-state index contributed by atoms with van der Waals surface area (Å²) in [6.07, 6.45) is 1.61. The second-order valence-corrected chi connectivity index (χ2v) is 7.80. The largest absolute Gasteiger partial charge is 0.497 e. The normalized spacial score (nSPS) is 15.7. The third kappa shape index (κ3) is 5.44. The van der Waals surface area contributed by atoms with Crippen LogP contribution in [-0.2, 0) is 14.3 Å². The lowest BCUT2D eigenvalue weighted by atomic mass is 10.2. The molecule has 1 aliphatic heterocycles. The topological polar surface area (TPSA) is 77.4 Å². The highest BCUT2D eigenvalue weighted by atomic mass is 32.2. The molecule has 0 saturated heterocycles. The van der Waals surface area contributed by atoms with Gasteiger partial charge in [0.05, 0.1) is 19.9 Å². The van der Waals surface area contributed by atoms with Crippen LogP contribution in [0, 0.1) is 0 Å². The standard InChI is InChI=1S/C22H20F2N2O5S/c1-13(20(28)30-3)32-22-25-18(12-14-4-8-16(29-2)9-5-14)19(27)26(22)15-6-10-17(11-7-15)31-21(23)24/h4-13,21H,1-3H3/b18-12-. The molecule has 0 radical (unpaired) electrons. The van der Waals surface area contributed by atoms with Gasteiger partial charge in [0, 0.05) is 0 Å². The fourth-order valence-corrected chi connectivity index (χ4v) is 3.76. The van der Waals surface area contributed by atoms with Crippen LogP contribution in [0.4, 0.5) is 14.5 Å². The summed E-state index contributed by atoms with van der Waals surface area (Å²) < 4.78 is 39.1. The van der Waals surface area contributed by atoms with Crippen molar-refractivity contribution in [3.63, 3.8) is 0 Å². The average Bonchev–Trinajstić information content (AvgIpc) is 3.08. The molecule has 1 heterocycles. The van der Waals surface area contributed by atoms with Gasteiger partial charge >= 0.3 is 12.6 Å². The van der Waals surface area contributed by atoms with E-state index in [1.165, 1.54) is 36.3 Å². The lowest BCUT2D eigenvalue weighted by molar-refractivity contribution is -0.139. The number of aliphatic imine (C=N–C) groups is 1. The van der Waals surface area contributed by atoms with Crippen molar-refractivity contribution in [2.75, 3.05) is 19.1 Å².